The molecule has 0 aliphatic heterocycles. The molecular formula is C12H11N3OS. The fraction of sp³-hybridized carbons (Fsp3) is 0.167. The lowest BCUT2D eigenvalue weighted by Crippen LogP contribution is -1.99. The van der Waals surface area contributed by atoms with E-state index in [9.17, 15) is 0 Å². The molecule has 0 saturated heterocycles. The smallest absolute Gasteiger partial charge is 0.174 e. The van der Waals surface area contributed by atoms with Gasteiger partial charge in [-0.15, -0.1) is 11.3 Å². The summed E-state index contributed by atoms with van der Waals surface area (Å²) in [6.45, 7) is 0.759. The third-order valence-corrected chi connectivity index (χ3v) is 2.84. The number of ether oxygens (including phenoxy) is 1. The second kappa shape index (κ2) is 5.87. The van der Waals surface area contributed by atoms with Gasteiger partial charge in [-0.25, -0.2) is 4.98 Å². The average molecular weight is 245 g/mol. The second-order valence-corrected chi connectivity index (χ2v) is 4.23. The van der Waals surface area contributed by atoms with Crippen molar-refractivity contribution < 1.29 is 4.74 Å². The van der Waals surface area contributed by atoms with E-state index >= 15 is 0 Å². The van der Waals surface area contributed by atoms with E-state index in [1.54, 1.807) is 17.5 Å². The molecule has 1 aromatic carbocycles. The van der Waals surface area contributed by atoms with Gasteiger partial charge in [0, 0.05) is 23.3 Å². The Bertz CT molecular complexity index is 505. The van der Waals surface area contributed by atoms with Crippen LogP contribution in [0.1, 0.15) is 5.01 Å². The van der Waals surface area contributed by atoms with Gasteiger partial charge in [-0.1, -0.05) is 6.07 Å². The van der Waals surface area contributed by atoms with Crippen LogP contribution in [0.4, 0.5) is 5.69 Å². The fourth-order valence-electron chi connectivity index (χ4n) is 1.33. The highest BCUT2D eigenvalue weighted by molar-refractivity contribution is 7.09. The molecule has 0 aliphatic rings. The minimum atomic E-state index is 0.0654. The lowest BCUT2D eigenvalue weighted by atomic mass is 10.3. The third-order valence-electron chi connectivity index (χ3n) is 2.06. The molecule has 0 amide bonds. The second-order valence-electron chi connectivity index (χ2n) is 3.25. The average Bonchev–Trinajstić information content (AvgIpc) is 2.87. The maximum Gasteiger partial charge on any atom is 0.174 e. The van der Waals surface area contributed by atoms with Gasteiger partial charge in [0.2, 0.25) is 0 Å². The molecule has 86 valence electrons. The number of rotatable bonds is 5. The lowest BCUT2D eigenvalue weighted by molar-refractivity contribution is 0.368. The van der Waals surface area contributed by atoms with Crippen LogP contribution in [-0.2, 0) is 6.54 Å². The van der Waals surface area contributed by atoms with Crippen LogP contribution in [0.5, 0.6) is 5.75 Å². The molecule has 0 radical (unpaired) electrons. The van der Waals surface area contributed by atoms with Gasteiger partial charge in [0.1, 0.15) is 16.8 Å². The first kappa shape index (κ1) is 11.4. The van der Waals surface area contributed by atoms with Crippen LogP contribution in [0, 0.1) is 11.3 Å². The van der Waals surface area contributed by atoms with Crippen molar-refractivity contribution in [3.05, 3.63) is 40.8 Å². The summed E-state index contributed by atoms with van der Waals surface area (Å²) >= 11 is 1.61. The number of nitrogens with one attached hydrogen (secondary N) is 1. The number of hydrogen-bond donors (Lipinski definition) is 1. The predicted molar refractivity (Wildman–Crippen MR) is 67.0 cm³/mol. The van der Waals surface area contributed by atoms with Crippen LogP contribution in [0.15, 0.2) is 35.8 Å². The topological polar surface area (TPSA) is 57.9 Å². The van der Waals surface area contributed by atoms with Crippen molar-refractivity contribution in [2.24, 2.45) is 0 Å². The molecule has 5 heteroatoms. The van der Waals surface area contributed by atoms with Crippen molar-refractivity contribution in [2.45, 2.75) is 6.54 Å². The molecule has 0 spiro atoms. The monoisotopic (exact) mass is 245 g/mol. The standard InChI is InChI=1S/C12H11N3OS/c13-4-6-16-11-3-1-2-10(8-11)15-9-12-14-5-7-17-12/h1-3,5,7-8,15H,6,9H2. The van der Waals surface area contributed by atoms with Gasteiger partial charge >= 0.3 is 0 Å². The number of anilines is 1. The van der Waals surface area contributed by atoms with E-state index in [1.807, 2.05) is 35.7 Å². The summed E-state index contributed by atoms with van der Waals surface area (Å²) in [7, 11) is 0. The Balaban J connectivity index is 1.94. The molecular weight excluding hydrogens is 234 g/mol. The van der Waals surface area contributed by atoms with Gasteiger partial charge in [0.15, 0.2) is 6.61 Å². The van der Waals surface area contributed by atoms with E-state index in [-0.39, 0.29) is 6.61 Å². The summed E-state index contributed by atoms with van der Waals surface area (Å²) in [5.41, 5.74) is 0.954. The Morgan fingerprint density at radius 1 is 1.47 bits per heavy atom. The van der Waals surface area contributed by atoms with E-state index in [0.717, 1.165) is 10.7 Å². The molecule has 1 aromatic heterocycles. The third kappa shape index (κ3) is 3.47. The van der Waals surface area contributed by atoms with Gasteiger partial charge in [0.25, 0.3) is 0 Å². The largest absolute Gasteiger partial charge is 0.479 e. The molecule has 0 unspecified atom stereocenters. The van der Waals surface area contributed by atoms with Crippen LogP contribution in [0.2, 0.25) is 0 Å². The molecule has 1 heterocycles. The maximum atomic E-state index is 8.43. The van der Waals surface area contributed by atoms with Crippen LogP contribution in [0.3, 0.4) is 0 Å². The van der Waals surface area contributed by atoms with Crippen molar-refractivity contribution >= 4 is 17.0 Å². The van der Waals surface area contributed by atoms with E-state index < -0.39 is 0 Å². The Kier molecular flexibility index (Phi) is 3.95. The zero-order valence-corrected chi connectivity index (χ0v) is 9.91. The van der Waals surface area contributed by atoms with Gasteiger partial charge < -0.3 is 10.1 Å². The quantitative estimate of drug-likeness (QED) is 0.879. The number of hydrogen-bond acceptors (Lipinski definition) is 5. The van der Waals surface area contributed by atoms with Gasteiger partial charge in [-0.3, -0.25) is 0 Å². The first-order valence-corrected chi connectivity index (χ1v) is 5.98. The van der Waals surface area contributed by atoms with Crippen molar-refractivity contribution in [3.63, 3.8) is 0 Å². The Labute approximate surface area is 103 Å². The SMILES string of the molecule is N#CCOc1cccc(NCc2nccs2)c1. The predicted octanol–water partition coefficient (Wildman–Crippen LogP) is 2.66. The molecule has 0 aliphatic carbocycles. The lowest BCUT2D eigenvalue weighted by Gasteiger charge is -2.06. The minimum absolute atomic E-state index is 0.0654. The van der Waals surface area contributed by atoms with E-state index in [1.165, 1.54) is 0 Å². The van der Waals surface area contributed by atoms with Gasteiger partial charge in [-0.05, 0) is 12.1 Å². The molecule has 0 bridgehead atoms. The number of benzene rings is 1. The van der Waals surface area contributed by atoms with Crippen LogP contribution in [-0.4, -0.2) is 11.6 Å². The molecule has 17 heavy (non-hydrogen) atoms. The van der Waals surface area contributed by atoms with Crippen molar-refractivity contribution in [3.8, 4) is 11.8 Å². The fourth-order valence-corrected chi connectivity index (χ4v) is 1.89. The normalized spacial score (nSPS) is 9.59. The van der Waals surface area contributed by atoms with Crippen LogP contribution >= 0.6 is 11.3 Å². The molecule has 2 aromatic rings. The number of nitriles is 1. The molecule has 0 saturated carbocycles. The Morgan fingerprint density at radius 3 is 3.18 bits per heavy atom. The number of aromatic nitrogens is 1. The summed E-state index contributed by atoms with van der Waals surface area (Å²) in [6.07, 6.45) is 1.79. The summed E-state index contributed by atoms with van der Waals surface area (Å²) in [5, 5.41) is 14.7. The summed E-state index contributed by atoms with van der Waals surface area (Å²) in [4.78, 5) is 4.19. The van der Waals surface area contributed by atoms with Gasteiger partial charge in [0.05, 0.1) is 6.54 Å². The van der Waals surface area contributed by atoms with E-state index in [2.05, 4.69) is 10.3 Å². The van der Waals surface area contributed by atoms with Crippen molar-refractivity contribution in [1.82, 2.24) is 4.98 Å². The van der Waals surface area contributed by atoms with Crippen molar-refractivity contribution in [2.75, 3.05) is 11.9 Å². The van der Waals surface area contributed by atoms with E-state index in [0.29, 0.717) is 12.3 Å². The number of thiazole rings is 1. The van der Waals surface area contributed by atoms with Crippen LogP contribution < -0.4 is 10.1 Å². The number of nitrogens with zero attached hydrogens (tertiary/aromatic N) is 2. The Hall–Kier alpha value is -2.06. The summed E-state index contributed by atoms with van der Waals surface area (Å²) in [5.74, 6) is 0.690. The van der Waals surface area contributed by atoms with E-state index in [4.69, 9.17) is 10.00 Å². The zero-order chi connectivity index (χ0) is 11.9. The molecule has 0 atom stereocenters. The molecule has 2 rings (SSSR count). The molecule has 1 N–H and O–H groups in total. The first-order chi connectivity index (χ1) is 8.38. The highest BCUT2D eigenvalue weighted by Gasteiger charge is 1.98. The maximum absolute atomic E-state index is 8.43. The van der Waals surface area contributed by atoms with Gasteiger partial charge in [-0.2, -0.15) is 5.26 Å². The highest BCUT2D eigenvalue weighted by Crippen LogP contribution is 2.18. The summed E-state index contributed by atoms with van der Waals surface area (Å²) < 4.78 is 5.22. The Morgan fingerprint density at radius 2 is 2.41 bits per heavy atom. The summed E-state index contributed by atoms with van der Waals surface area (Å²) in [6, 6.07) is 9.47. The molecule has 0 fully saturated rings. The van der Waals surface area contributed by atoms with Crippen LogP contribution in [0.25, 0.3) is 0 Å². The van der Waals surface area contributed by atoms with Crippen molar-refractivity contribution in [1.29, 1.82) is 5.26 Å². The first-order valence-electron chi connectivity index (χ1n) is 5.10. The highest BCUT2D eigenvalue weighted by atomic mass is 32.1. The minimum Gasteiger partial charge on any atom is -0.479 e. The zero-order valence-electron chi connectivity index (χ0n) is 9.09. The molecule has 4 nitrogen and oxygen atoms in total.